The van der Waals surface area contributed by atoms with Gasteiger partial charge < -0.3 is 0 Å². The zero-order chi connectivity index (χ0) is 14.0. The van der Waals surface area contributed by atoms with Crippen molar-refractivity contribution in [3.63, 3.8) is 0 Å². The number of Topliss-reactive ketones (excluding diaryl/α,β-unsaturated/α-hetero) is 1. The summed E-state index contributed by atoms with van der Waals surface area (Å²) in [4.78, 5) is 11.6. The molecule has 0 saturated heterocycles. The standard InChI is InChI=1S/C17H32O/c1-15(2)11-8-9-13-16(18)12-7-6-10-14-17(3,4)5/h1,6-14H2,2-5H3. The molecule has 0 aromatic rings. The van der Waals surface area contributed by atoms with Gasteiger partial charge in [-0.3, -0.25) is 4.79 Å². The van der Waals surface area contributed by atoms with E-state index in [2.05, 4.69) is 34.3 Å². The van der Waals surface area contributed by atoms with Crippen LogP contribution in [0, 0.1) is 5.41 Å². The zero-order valence-corrected chi connectivity index (χ0v) is 13.0. The fraction of sp³-hybridized carbons (Fsp3) is 0.824. The summed E-state index contributed by atoms with van der Waals surface area (Å²) in [5, 5.41) is 0. The smallest absolute Gasteiger partial charge is 0.132 e. The minimum absolute atomic E-state index is 0.437. The first-order valence-corrected chi connectivity index (χ1v) is 7.47. The van der Waals surface area contributed by atoms with E-state index in [4.69, 9.17) is 0 Å². The van der Waals surface area contributed by atoms with Crippen molar-refractivity contribution >= 4 is 5.78 Å². The van der Waals surface area contributed by atoms with E-state index < -0.39 is 0 Å². The molecule has 0 bridgehead atoms. The number of hydrogen-bond donors (Lipinski definition) is 0. The Kier molecular flexibility index (Phi) is 9.05. The Morgan fingerprint density at radius 3 is 1.89 bits per heavy atom. The molecule has 106 valence electrons. The monoisotopic (exact) mass is 252 g/mol. The molecular weight excluding hydrogens is 220 g/mol. The number of hydrogen-bond acceptors (Lipinski definition) is 1. The van der Waals surface area contributed by atoms with E-state index in [1.54, 1.807) is 0 Å². The number of rotatable bonds is 10. The Hall–Kier alpha value is -0.590. The molecule has 1 nitrogen and oxygen atoms in total. The first-order valence-electron chi connectivity index (χ1n) is 7.47. The molecule has 0 amide bonds. The molecular formula is C17H32O. The molecule has 0 saturated carbocycles. The minimum Gasteiger partial charge on any atom is -0.300 e. The van der Waals surface area contributed by atoms with Crippen LogP contribution in [0.25, 0.3) is 0 Å². The molecule has 0 atom stereocenters. The van der Waals surface area contributed by atoms with E-state index in [9.17, 15) is 4.79 Å². The van der Waals surface area contributed by atoms with Gasteiger partial charge in [-0.2, -0.15) is 0 Å². The molecule has 0 heterocycles. The first-order chi connectivity index (χ1) is 8.31. The SMILES string of the molecule is C=C(C)CCCCC(=O)CCCCCC(C)(C)C. The van der Waals surface area contributed by atoms with Crippen LogP contribution in [0.2, 0.25) is 0 Å². The Morgan fingerprint density at radius 2 is 1.39 bits per heavy atom. The summed E-state index contributed by atoms with van der Waals surface area (Å²) in [6.07, 6.45) is 9.58. The van der Waals surface area contributed by atoms with Gasteiger partial charge in [-0.15, -0.1) is 6.58 Å². The van der Waals surface area contributed by atoms with Crippen molar-refractivity contribution in [2.24, 2.45) is 5.41 Å². The number of ketones is 1. The summed E-state index contributed by atoms with van der Waals surface area (Å²) in [6, 6.07) is 0. The molecule has 0 aromatic heterocycles. The van der Waals surface area contributed by atoms with Crippen molar-refractivity contribution in [2.45, 2.75) is 85.5 Å². The van der Waals surface area contributed by atoms with Crippen LogP contribution >= 0.6 is 0 Å². The van der Waals surface area contributed by atoms with Gasteiger partial charge in [0.1, 0.15) is 5.78 Å². The van der Waals surface area contributed by atoms with Gasteiger partial charge in [0.05, 0.1) is 0 Å². The van der Waals surface area contributed by atoms with Gasteiger partial charge in [-0.05, 0) is 44.4 Å². The second kappa shape index (κ2) is 9.35. The van der Waals surface area contributed by atoms with E-state index in [1.165, 1.54) is 24.8 Å². The summed E-state index contributed by atoms with van der Waals surface area (Å²) in [6.45, 7) is 12.8. The van der Waals surface area contributed by atoms with Gasteiger partial charge in [0, 0.05) is 12.8 Å². The van der Waals surface area contributed by atoms with Crippen LogP contribution in [0.5, 0.6) is 0 Å². The Morgan fingerprint density at radius 1 is 0.889 bits per heavy atom. The van der Waals surface area contributed by atoms with Crippen molar-refractivity contribution in [1.82, 2.24) is 0 Å². The molecule has 0 aliphatic rings. The largest absolute Gasteiger partial charge is 0.300 e. The predicted molar refractivity (Wildman–Crippen MR) is 80.8 cm³/mol. The van der Waals surface area contributed by atoms with Crippen molar-refractivity contribution in [2.75, 3.05) is 0 Å². The summed E-state index contributed by atoms with van der Waals surface area (Å²) >= 11 is 0. The molecule has 0 fully saturated rings. The summed E-state index contributed by atoms with van der Waals surface area (Å²) in [5.41, 5.74) is 1.66. The third-order valence-electron chi connectivity index (χ3n) is 3.19. The molecule has 0 rings (SSSR count). The predicted octanol–water partition coefficient (Wildman–Crippen LogP) is 5.69. The quantitative estimate of drug-likeness (QED) is 0.360. The maximum atomic E-state index is 11.6. The van der Waals surface area contributed by atoms with Crippen molar-refractivity contribution < 1.29 is 4.79 Å². The van der Waals surface area contributed by atoms with Crippen LogP contribution < -0.4 is 0 Å². The Balaban J connectivity index is 3.35. The number of unbranched alkanes of at least 4 members (excludes halogenated alkanes) is 3. The van der Waals surface area contributed by atoms with E-state index >= 15 is 0 Å². The van der Waals surface area contributed by atoms with Gasteiger partial charge in [-0.1, -0.05) is 39.2 Å². The van der Waals surface area contributed by atoms with Crippen LogP contribution in [-0.2, 0) is 4.79 Å². The van der Waals surface area contributed by atoms with Gasteiger partial charge >= 0.3 is 0 Å². The zero-order valence-electron chi connectivity index (χ0n) is 13.0. The van der Waals surface area contributed by atoms with E-state index in [0.29, 0.717) is 11.2 Å². The number of carbonyl (C=O) groups excluding carboxylic acids is 1. The van der Waals surface area contributed by atoms with Crippen LogP contribution in [0.3, 0.4) is 0 Å². The number of carbonyl (C=O) groups is 1. The van der Waals surface area contributed by atoms with Gasteiger partial charge in [0.25, 0.3) is 0 Å². The second-order valence-electron chi connectivity index (χ2n) is 6.82. The molecule has 0 aromatic carbocycles. The fourth-order valence-corrected chi connectivity index (χ4v) is 2.03. The highest BCUT2D eigenvalue weighted by atomic mass is 16.1. The maximum Gasteiger partial charge on any atom is 0.132 e. The summed E-state index contributed by atoms with van der Waals surface area (Å²) in [5.74, 6) is 0.451. The summed E-state index contributed by atoms with van der Waals surface area (Å²) < 4.78 is 0. The average Bonchev–Trinajstić information content (AvgIpc) is 2.22. The van der Waals surface area contributed by atoms with Crippen molar-refractivity contribution in [3.8, 4) is 0 Å². The average molecular weight is 252 g/mol. The highest BCUT2D eigenvalue weighted by molar-refractivity contribution is 5.78. The van der Waals surface area contributed by atoms with Crippen LogP contribution in [0.4, 0.5) is 0 Å². The van der Waals surface area contributed by atoms with E-state index in [0.717, 1.165) is 38.5 Å². The molecule has 0 radical (unpaired) electrons. The lowest BCUT2D eigenvalue weighted by Crippen LogP contribution is -2.04. The van der Waals surface area contributed by atoms with Crippen LogP contribution in [-0.4, -0.2) is 5.78 Å². The first kappa shape index (κ1) is 17.4. The highest BCUT2D eigenvalue weighted by Gasteiger charge is 2.09. The molecule has 0 unspecified atom stereocenters. The third-order valence-corrected chi connectivity index (χ3v) is 3.19. The van der Waals surface area contributed by atoms with Gasteiger partial charge in [-0.25, -0.2) is 0 Å². The second-order valence-corrected chi connectivity index (χ2v) is 6.82. The van der Waals surface area contributed by atoms with Gasteiger partial charge in [0.2, 0.25) is 0 Å². The van der Waals surface area contributed by atoms with Gasteiger partial charge in [0.15, 0.2) is 0 Å². The molecule has 0 spiro atoms. The molecule has 18 heavy (non-hydrogen) atoms. The Bertz CT molecular complexity index is 245. The normalized spacial score (nSPS) is 11.6. The minimum atomic E-state index is 0.437. The molecule has 1 heteroatoms. The molecule has 0 aliphatic carbocycles. The fourth-order valence-electron chi connectivity index (χ4n) is 2.03. The lowest BCUT2D eigenvalue weighted by Gasteiger charge is -2.17. The van der Waals surface area contributed by atoms with E-state index in [1.807, 2.05) is 0 Å². The van der Waals surface area contributed by atoms with Crippen LogP contribution in [0.1, 0.15) is 85.5 Å². The van der Waals surface area contributed by atoms with Crippen LogP contribution in [0.15, 0.2) is 12.2 Å². The Labute approximate surface area is 114 Å². The molecule has 0 N–H and O–H groups in total. The molecule has 0 aliphatic heterocycles. The number of allylic oxidation sites excluding steroid dienone is 1. The summed E-state index contributed by atoms with van der Waals surface area (Å²) in [7, 11) is 0. The highest BCUT2D eigenvalue weighted by Crippen LogP contribution is 2.22. The lowest BCUT2D eigenvalue weighted by atomic mass is 9.89. The topological polar surface area (TPSA) is 17.1 Å². The maximum absolute atomic E-state index is 11.6. The van der Waals surface area contributed by atoms with Crippen molar-refractivity contribution in [3.05, 3.63) is 12.2 Å². The lowest BCUT2D eigenvalue weighted by molar-refractivity contribution is -0.119. The third kappa shape index (κ3) is 13.5. The van der Waals surface area contributed by atoms with E-state index in [-0.39, 0.29) is 0 Å². The van der Waals surface area contributed by atoms with Crippen molar-refractivity contribution in [1.29, 1.82) is 0 Å².